The van der Waals surface area contributed by atoms with Gasteiger partial charge in [-0.05, 0) is 46.4 Å². The average Bonchev–Trinajstić information content (AvgIpc) is 2.89. The fraction of sp³-hybridized carbons (Fsp3) is 0.133. The number of nitrogens with zero attached hydrogens (tertiary/aromatic N) is 1. The molecule has 0 fully saturated rings. The van der Waals surface area contributed by atoms with Crippen LogP contribution in [-0.4, -0.2) is 12.5 Å². The minimum Gasteiger partial charge on any atom is -0.475 e. The van der Waals surface area contributed by atoms with Crippen molar-refractivity contribution in [2.45, 2.75) is 6.04 Å². The van der Waals surface area contributed by atoms with Crippen molar-refractivity contribution in [1.82, 2.24) is 0 Å². The highest BCUT2D eigenvalue weighted by atomic mass is 127. The summed E-state index contributed by atoms with van der Waals surface area (Å²) < 4.78 is 6.90. The van der Waals surface area contributed by atoms with Gasteiger partial charge in [0.25, 0.3) is 0 Å². The molecule has 0 saturated heterocycles. The molecule has 0 spiro atoms. The molecule has 3 rings (SSSR count). The lowest BCUT2D eigenvalue weighted by atomic mass is 10.1. The fourth-order valence-corrected chi connectivity index (χ4v) is 2.54. The lowest BCUT2D eigenvalue weighted by molar-refractivity contribution is 0.320. The van der Waals surface area contributed by atoms with Crippen LogP contribution in [-0.2, 0) is 4.74 Å². The lowest BCUT2D eigenvalue weighted by Crippen LogP contribution is -2.01. The summed E-state index contributed by atoms with van der Waals surface area (Å²) in [6, 6.07) is 18.6. The van der Waals surface area contributed by atoms with E-state index in [1.54, 1.807) is 0 Å². The number of rotatable bonds is 2. The van der Waals surface area contributed by atoms with Crippen molar-refractivity contribution < 1.29 is 4.74 Å². The van der Waals surface area contributed by atoms with Gasteiger partial charge >= 0.3 is 0 Å². The molecule has 0 aliphatic carbocycles. The number of ether oxygens (including phenoxy) is 1. The predicted molar refractivity (Wildman–Crippen MR) is 80.8 cm³/mol. The van der Waals surface area contributed by atoms with E-state index >= 15 is 0 Å². The summed E-state index contributed by atoms with van der Waals surface area (Å²) in [6.45, 7) is 0.630. The molecule has 0 aromatic heterocycles. The van der Waals surface area contributed by atoms with Crippen LogP contribution in [0.15, 0.2) is 59.6 Å². The summed E-state index contributed by atoms with van der Waals surface area (Å²) in [7, 11) is 0. The fourth-order valence-electron chi connectivity index (χ4n) is 2.00. The van der Waals surface area contributed by atoms with Crippen LogP contribution in [0.5, 0.6) is 0 Å². The molecule has 1 aliphatic heterocycles. The second kappa shape index (κ2) is 5.10. The first kappa shape index (κ1) is 11.7. The van der Waals surface area contributed by atoms with E-state index in [2.05, 4.69) is 51.8 Å². The molecule has 0 unspecified atom stereocenters. The molecule has 1 atom stereocenters. The number of halogens is 1. The van der Waals surface area contributed by atoms with Crippen LogP contribution in [0.4, 0.5) is 0 Å². The number of hydrogen-bond donors (Lipinski definition) is 0. The number of hydrogen-bond acceptors (Lipinski definition) is 2. The predicted octanol–water partition coefficient (Wildman–Crippen LogP) is 3.81. The minimum absolute atomic E-state index is 0.124. The summed E-state index contributed by atoms with van der Waals surface area (Å²) in [5.74, 6) is 0.752. The number of benzene rings is 2. The Bertz CT molecular complexity index is 580. The van der Waals surface area contributed by atoms with Crippen LogP contribution in [0.1, 0.15) is 17.2 Å². The van der Waals surface area contributed by atoms with E-state index in [-0.39, 0.29) is 6.04 Å². The van der Waals surface area contributed by atoms with Gasteiger partial charge in [-0.25, -0.2) is 4.99 Å². The maximum Gasteiger partial charge on any atom is 0.216 e. The monoisotopic (exact) mass is 349 g/mol. The Morgan fingerprint density at radius 2 is 1.89 bits per heavy atom. The van der Waals surface area contributed by atoms with E-state index in [0.717, 1.165) is 11.5 Å². The smallest absolute Gasteiger partial charge is 0.216 e. The Morgan fingerprint density at radius 1 is 1.06 bits per heavy atom. The highest BCUT2D eigenvalue weighted by Gasteiger charge is 2.21. The van der Waals surface area contributed by atoms with E-state index in [9.17, 15) is 0 Å². The minimum atomic E-state index is 0.124. The molecule has 0 amide bonds. The van der Waals surface area contributed by atoms with Gasteiger partial charge in [-0.3, -0.25) is 0 Å². The zero-order chi connectivity index (χ0) is 12.4. The van der Waals surface area contributed by atoms with E-state index in [1.165, 1.54) is 9.13 Å². The molecule has 0 saturated carbocycles. The molecule has 0 bridgehead atoms. The first-order valence-electron chi connectivity index (χ1n) is 5.84. The van der Waals surface area contributed by atoms with E-state index in [0.29, 0.717) is 6.61 Å². The molecular formula is C15H12INO. The van der Waals surface area contributed by atoms with E-state index in [1.807, 2.05) is 30.3 Å². The lowest BCUT2D eigenvalue weighted by Gasteiger charge is -2.03. The molecule has 1 aliphatic rings. The quantitative estimate of drug-likeness (QED) is 0.756. The molecule has 2 aromatic rings. The van der Waals surface area contributed by atoms with Crippen molar-refractivity contribution in [3.63, 3.8) is 0 Å². The van der Waals surface area contributed by atoms with Gasteiger partial charge in [0.1, 0.15) is 12.6 Å². The molecule has 3 heteroatoms. The Morgan fingerprint density at radius 3 is 2.67 bits per heavy atom. The highest BCUT2D eigenvalue weighted by Crippen LogP contribution is 2.25. The summed E-state index contributed by atoms with van der Waals surface area (Å²) in [4.78, 5) is 4.66. The van der Waals surface area contributed by atoms with Crippen LogP contribution in [0, 0.1) is 3.57 Å². The topological polar surface area (TPSA) is 21.6 Å². The molecule has 0 radical (unpaired) electrons. The standard InChI is InChI=1S/C15H12INO/c16-13-8-4-7-12(9-13)15-17-14(10-18-15)11-5-2-1-3-6-11/h1-9,14H,10H2/t14-/m0/s1. The van der Waals surface area contributed by atoms with Gasteiger partial charge in [0.05, 0.1) is 0 Å². The van der Waals surface area contributed by atoms with Gasteiger partial charge in [0.15, 0.2) is 0 Å². The van der Waals surface area contributed by atoms with Crippen LogP contribution >= 0.6 is 22.6 Å². The van der Waals surface area contributed by atoms with Crippen molar-refractivity contribution >= 4 is 28.5 Å². The summed E-state index contributed by atoms with van der Waals surface area (Å²) >= 11 is 2.30. The third-order valence-electron chi connectivity index (χ3n) is 2.91. The van der Waals surface area contributed by atoms with Crippen molar-refractivity contribution in [3.05, 3.63) is 69.3 Å². The van der Waals surface area contributed by atoms with Crippen LogP contribution in [0.2, 0.25) is 0 Å². The molecule has 18 heavy (non-hydrogen) atoms. The normalized spacial score (nSPS) is 18.3. The third kappa shape index (κ3) is 2.41. The maximum atomic E-state index is 5.71. The van der Waals surface area contributed by atoms with E-state index in [4.69, 9.17) is 4.74 Å². The van der Waals surface area contributed by atoms with Gasteiger partial charge in [0.2, 0.25) is 5.90 Å². The van der Waals surface area contributed by atoms with Gasteiger partial charge < -0.3 is 4.74 Å². The summed E-state index contributed by atoms with van der Waals surface area (Å²) in [6.07, 6.45) is 0. The van der Waals surface area contributed by atoms with Crippen molar-refractivity contribution in [2.24, 2.45) is 4.99 Å². The summed E-state index contributed by atoms with van der Waals surface area (Å²) in [5.41, 5.74) is 2.26. The summed E-state index contributed by atoms with van der Waals surface area (Å²) in [5, 5.41) is 0. The van der Waals surface area contributed by atoms with Gasteiger partial charge in [-0.1, -0.05) is 36.4 Å². The molecule has 1 heterocycles. The first-order chi connectivity index (χ1) is 8.83. The Balaban J connectivity index is 1.88. The second-order valence-electron chi connectivity index (χ2n) is 4.18. The van der Waals surface area contributed by atoms with Gasteiger partial charge in [-0.15, -0.1) is 0 Å². The second-order valence-corrected chi connectivity index (χ2v) is 5.43. The Hall–Kier alpha value is -1.36. The number of aliphatic imine (C=N–C) groups is 1. The van der Waals surface area contributed by atoms with Crippen molar-refractivity contribution in [1.29, 1.82) is 0 Å². The van der Waals surface area contributed by atoms with E-state index < -0.39 is 0 Å². The zero-order valence-corrected chi connectivity index (χ0v) is 11.9. The van der Waals surface area contributed by atoms with Crippen LogP contribution in [0.3, 0.4) is 0 Å². The molecule has 90 valence electrons. The van der Waals surface area contributed by atoms with Crippen LogP contribution in [0.25, 0.3) is 0 Å². The Kier molecular flexibility index (Phi) is 3.32. The molecule has 2 nitrogen and oxygen atoms in total. The molecule has 0 N–H and O–H groups in total. The van der Waals surface area contributed by atoms with Crippen LogP contribution < -0.4 is 0 Å². The average molecular weight is 349 g/mol. The SMILES string of the molecule is Ic1cccc(C2=N[C@H](c3ccccc3)CO2)c1. The molecule has 2 aromatic carbocycles. The van der Waals surface area contributed by atoms with Gasteiger partial charge in [0, 0.05) is 9.13 Å². The van der Waals surface area contributed by atoms with Gasteiger partial charge in [-0.2, -0.15) is 0 Å². The molecular weight excluding hydrogens is 337 g/mol. The van der Waals surface area contributed by atoms with Crippen molar-refractivity contribution in [3.8, 4) is 0 Å². The Labute approximate surface area is 120 Å². The highest BCUT2D eigenvalue weighted by molar-refractivity contribution is 14.1. The first-order valence-corrected chi connectivity index (χ1v) is 6.92. The maximum absolute atomic E-state index is 5.71. The van der Waals surface area contributed by atoms with Crippen molar-refractivity contribution in [2.75, 3.05) is 6.61 Å². The zero-order valence-electron chi connectivity index (χ0n) is 9.71. The third-order valence-corrected chi connectivity index (χ3v) is 3.58. The largest absolute Gasteiger partial charge is 0.475 e.